The van der Waals surface area contributed by atoms with Gasteiger partial charge in [-0.2, -0.15) is 0 Å². The van der Waals surface area contributed by atoms with Gasteiger partial charge in [0.2, 0.25) is 0 Å². The number of fused-ring (bicyclic) bond motifs is 2. The maximum Gasteiger partial charge on any atom is 0.0480 e. The molecule has 0 aliphatic carbocycles. The van der Waals surface area contributed by atoms with E-state index in [9.17, 15) is 0 Å². The summed E-state index contributed by atoms with van der Waals surface area (Å²) >= 11 is 0. The van der Waals surface area contributed by atoms with E-state index in [0.29, 0.717) is 12.5 Å². The van der Waals surface area contributed by atoms with Gasteiger partial charge in [0.05, 0.1) is 0 Å². The highest BCUT2D eigenvalue weighted by Crippen LogP contribution is 2.31. The molecule has 122 valence electrons. The Morgan fingerprint density at radius 3 is 2.79 bits per heavy atom. The Balaban J connectivity index is 1.76. The normalized spacial score (nSPS) is 13.0. The van der Waals surface area contributed by atoms with Crippen LogP contribution in [0.15, 0.2) is 54.9 Å². The average Bonchev–Trinajstić information content (AvgIpc) is 3.14. The molecule has 2 aromatic carbocycles. The second-order valence-corrected chi connectivity index (χ2v) is 6.71. The highest BCUT2D eigenvalue weighted by Gasteiger charge is 2.17. The summed E-state index contributed by atoms with van der Waals surface area (Å²) in [6.45, 7) is 2.78. The zero-order chi connectivity index (χ0) is 16.7. The molecule has 2 heterocycles. The number of hydrogen-bond donors (Lipinski definition) is 2. The van der Waals surface area contributed by atoms with Crippen molar-refractivity contribution in [3.8, 4) is 0 Å². The molecule has 0 amide bonds. The number of hydrogen-bond acceptors (Lipinski definition) is 1. The maximum atomic E-state index is 6.17. The fraction of sp³-hybridized carbons (Fsp3) is 0.238. The third-order valence-electron chi connectivity index (χ3n) is 5.04. The number of aryl methyl sites for hydroxylation is 2. The molecule has 0 aliphatic heterocycles. The minimum Gasteiger partial charge on any atom is -0.361 e. The van der Waals surface area contributed by atoms with Gasteiger partial charge >= 0.3 is 0 Å². The third-order valence-corrected chi connectivity index (χ3v) is 5.04. The topological polar surface area (TPSA) is 46.7 Å². The minimum atomic E-state index is 0.311. The molecule has 4 rings (SSSR count). The van der Waals surface area contributed by atoms with Crippen molar-refractivity contribution in [2.75, 3.05) is 6.54 Å². The van der Waals surface area contributed by atoms with E-state index in [1.54, 1.807) is 0 Å². The average molecular weight is 317 g/mol. The first-order chi connectivity index (χ1) is 11.7. The number of nitrogens with two attached hydrogens (primary N) is 1. The van der Waals surface area contributed by atoms with E-state index in [-0.39, 0.29) is 0 Å². The Labute approximate surface area is 142 Å². The molecule has 0 spiro atoms. The largest absolute Gasteiger partial charge is 0.361 e. The van der Waals surface area contributed by atoms with Gasteiger partial charge < -0.3 is 15.3 Å². The van der Waals surface area contributed by atoms with Crippen molar-refractivity contribution in [2.24, 2.45) is 12.8 Å². The summed E-state index contributed by atoms with van der Waals surface area (Å²) in [6.07, 6.45) is 5.33. The molecular weight excluding hydrogens is 294 g/mol. The molecule has 0 saturated heterocycles. The fourth-order valence-electron chi connectivity index (χ4n) is 3.77. The van der Waals surface area contributed by atoms with E-state index in [0.717, 1.165) is 6.42 Å². The summed E-state index contributed by atoms with van der Waals surface area (Å²) < 4.78 is 2.21. The third kappa shape index (κ3) is 2.42. The van der Waals surface area contributed by atoms with Crippen LogP contribution in [0.3, 0.4) is 0 Å². The van der Waals surface area contributed by atoms with Gasteiger partial charge in [-0.25, -0.2) is 0 Å². The number of aromatic amines is 1. The smallest absolute Gasteiger partial charge is 0.0480 e. The Morgan fingerprint density at radius 2 is 1.96 bits per heavy atom. The molecule has 24 heavy (non-hydrogen) atoms. The summed E-state index contributed by atoms with van der Waals surface area (Å²) in [5, 5.41) is 2.63. The zero-order valence-corrected chi connectivity index (χ0v) is 14.2. The summed E-state index contributed by atoms with van der Waals surface area (Å²) in [5.41, 5.74) is 12.6. The van der Waals surface area contributed by atoms with E-state index in [4.69, 9.17) is 5.73 Å². The van der Waals surface area contributed by atoms with Crippen molar-refractivity contribution < 1.29 is 0 Å². The van der Waals surface area contributed by atoms with E-state index in [2.05, 4.69) is 78.4 Å². The lowest BCUT2D eigenvalue weighted by Gasteiger charge is -2.14. The predicted molar refractivity (Wildman–Crippen MR) is 101 cm³/mol. The van der Waals surface area contributed by atoms with E-state index in [1.165, 1.54) is 38.5 Å². The number of rotatable bonds is 4. The first-order valence-corrected chi connectivity index (χ1v) is 8.48. The van der Waals surface area contributed by atoms with Crippen molar-refractivity contribution in [3.05, 3.63) is 71.5 Å². The van der Waals surface area contributed by atoms with E-state index >= 15 is 0 Å². The van der Waals surface area contributed by atoms with Crippen molar-refractivity contribution in [2.45, 2.75) is 19.3 Å². The lowest BCUT2D eigenvalue weighted by molar-refractivity contribution is 0.700. The summed E-state index contributed by atoms with van der Waals surface area (Å²) in [5.74, 6) is 0.311. The molecule has 0 fully saturated rings. The van der Waals surface area contributed by atoms with Crippen LogP contribution in [-0.2, 0) is 13.5 Å². The van der Waals surface area contributed by atoms with Crippen LogP contribution < -0.4 is 5.73 Å². The van der Waals surface area contributed by atoms with Crippen LogP contribution in [0.5, 0.6) is 0 Å². The highest BCUT2D eigenvalue weighted by molar-refractivity contribution is 5.86. The van der Waals surface area contributed by atoms with Crippen LogP contribution >= 0.6 is 0 Å². The van der Waals surface area contributed by atoms with E-state index in [1.807, 2.05) is 0 Å². The Hall–Kier alpha value is -2.52. The predicted octanol–water partition coefficient (Wildman–Crippen LogP) is 4.25. The quantitative estimate of drug-likeness (QED) is 0.580. The van der Waals surface area contributed by atoms with Crippen molar-refractivity contribution in [1.82, 2.24) is 9.55 Å². The summed E-state index contributed by atoms with van der Waals surface area (Å²) in [6, 6.07) is 15.1. The number of nitrogens with one attached hydrogen (secondary N) is 1. The Bertz CT molecular complexity index is 1010. The fourth-order valence-corrected chi connectivity index (χ4v) is 3.77. The number of para-hydroxylation sites is 1. The standard InChI is InChI=1S/C21H23N3/c1-14-7-8-20-18(9-14)19(12-23-20)15(11-22)10-16-13-24(2)21-6-4-3-5-17(16)21/h3-9,12-13,15,23H,10-11,22H2,1-2H3. The van der Waals surface area contributed by atoms with Crippen molar-refractivity contribution in [1.29, 1.82) is 0 Å². The number of benzene rings is 2. The van der Waals surface area contributed by atoms with Gasteiger partial charge in [-0.05, 0) is 49.2 Å². The first-order valence-electron chi connectivity index (χ1n) is 8.48. The van der Waals surface area contributed by atoms with Gasteiger partial charge in [-0.1, -0.05) is 29.8 Å². The first kappa shape index (κ1) is 15.0. The zero-order valence-electron chi connectivity index (χ0n) is 14.2. The molecule has 3 heteroatoms. The SMILES string of the molecule is Cc1ccc2[nH]cc(C(CN)Cc3cn(C)c4ccccc34)c2c1. The Kier molecular flexibility index (Phi) is 3.66. The van der Waals surface area contributed by atoms with E-state index < -0.39 is 0 Å². The molecule has 3 N–H and O–H groups in total. The second kappa shape index (κ2) is 5.84. The van der Waals surface area contributed by atoms with Gasteiger partial charge in [-0.3, -0.25) is 0 Å². The van der Waals surface area contributed by atoms with Gasteiger partial charge in [0.15, 0.2) is 0 Å². The molecule has 3 nitrogen and oxygen atoms in total. The second-order valence-electron chi connectivity index (χ2n) is 6.71. The minimum absolute atomic E-state index is 0.311. The monoisotopic (exact) mass is 317 g/mol. The summed E-state index contributed by atoms with van der Waals surface area (Å²) in [4.78, 5) is 3.40. The molecule has 1 unspecified atom stereocenters. The van der Waals surface area contributed by atoms with Crippen LogP contribution in [0.4, 0.5) is 0 Å². The molecule has 0 bridgehead atoms. The maximum absolute atomic E-state index is 6.17. The van der Waals surface area contributed by atoms with Gasteiger partial charge in [-0.15, -0.1) is 0 Å². The molecule has 1 atom stereocenters. The van der Waals surface area contributed by atoms with Crippen LogP contribution in [0.1, 0.15) is 22.6 Å². The van der Waals surface area contributed by atoms with Crippen LogP contribution in [-0.4, -0.2) is 16.1 Å². The molecule has 0 saturated carbocycles. The van der Waals surface area contributed by atoms with Crippen molar-refractivity contribution in [3.63, 3.8) is 0 Å². The number of nitrogens with zero attached hydrogens (tertiary/aromatic N) is 1. The van der Waals surface area contributed by atoms with Crippen LogP contribution in [0, 0.1) is 6.92 Å². The molecule has 0 aliphatic rings. The highest BCUT2D eigenvalue weighted by atomic mass is 14.9. The summed E-state index contributed by atoms with van der Waals surface area (Å²) in [7, 11) is 2.11. The lowest BCUT2D eigenvalue weighted by Crippen LogP contribution is -2.14. The van der Waals surface area contributed by atoms with Crippen LogP contribution in [0.2, 0.25) is 0 Å². The Morgan fingerprint density at radius 1 is 1.12 bits per heavy atom. The number of aromatic nitrogens is 2. The molecular formula is C21H23N3. The number of H-pyrrole nitrogens is 1. The van der Waals surface area contributed by atoms with Gasteiger partial charge in [0.25, 0.3) is 0 Å². The molecule has 4 aromatic rings. The molecule has 2 aromatic heterocycles. The van der Waals surface area contributed by atoms with Gasteiger partial charge in [0.1, 0.15) is 0 Å². The van der Waals surface area contributed by atoms with Gasteiger partial charge in [0, 0.05) is 47.2 Å². The van der Waals surface area contributed by atoms with Crippen LogP contribution in [0.25, 0.3) is 21.8 Å². The lowest BCUT2D eigenvalue weighted by atomic mass is 9.91. The molecule has 0 radical (unpaired) electrons. The van der Waals surface area contributed by atoms with Crippen molar-refractivity contribution >= 4 is 21.8 Å².